The second kappa shape index (κ2) is 8.20. The summed E-state index contributed by atoms with van der Waals surface area (Å²) >= 11 is 5.96. The summed E-state index contributed by atoms with van der Waals surface area (Å²) in [5.74, 6) is -0.203. The molecule has 136 valence electrons. The number of halogens is 1. The van der Waals surface area contributed by atoms with E-state index in [0.717, 1.165) is 0 Å². The Hall–Kier alpha value is -3.58. The van der Waals surface area contributed by atoms with E-state index in [9.17, 15) is 9.59 Å². The van der Waals surface area contributed by atoms with E-state index in [2.05, 4.69) is 15.8 Å². The minimum absolute atomic E-state index is 0.0161. The SMILES string of the molecule is O=C(NN=Cc1ccc(-c2ccc(C(=O)O)c(Cl)c2)o1)Nc1ccccc1. The van der Waals surface area contributed by atoms with Crippen molar-refractivity contribution in [1.82, 2.24) is 5.43 Å². The molecule has 7 nitrogen and oxygen atoms in total. The minimum Gasteiger partial charge on any atom is -0.478 e. The quantitative estimate of drug-likeness (QED) is 0.447. The van der Waals surface area contributed by atoms with Crippen molar-refractivity contribution in [3.05, 3.63) is 77.0 Å². The van der Waals surface area contributed by atoms with Crippen molar-refractivity contribution in [3.63, 3.8) is 0 Å². The van der Waals surface area contributed by atoms with Crippen molar-refractivity contribution in [3.8, 4) is 11.3 Å². The molecule has 8 heteroatoms. The van der Waals surface area contributed by atoms with Gasteiger partial charge in [-0.15, -0.1) is 0 Å². The van der Waals surface area contributed by atoms with E-state index < -0.39 is 12.0 Å². The third-order valence-corrected chi connectivity index (χ3v) is 3.81. The van der Waals surface area contributed by atoms with Gasteiger partial charge in [0.25, 0.3) is 0 Å². The lowest BCUT2D eigenvalue weighted by Crippen LogP contribution is -2.24. The molecule has 0 bridgehead atoms. The summed E-state index contributed by atoms with van der Waals surface area (Å²) in [6.07, 6.45) is 1.35. The predicted octanol–water partition coefficient (Wildman–Crippen LogP) is 4.45. The fourth-order valence-corrected chi connectivity index (χ4v) is 2.52. The van der Waals surface area contributed by atoms with Gasteiger partial charge in [0.15, 0.2) is 0 Å². The highest BCUT2D eigenvalue weighted by molar-refractivity contribution is 6.33. The number of furan rings is 1. The Bertz CT molecular complexity index is 999. The van der Waals surface area contributed by atoms with Crippen LogP contribution in [0.3, 0.4) is 0 Å². The van der Waals surface area contributed by atoms with Gasteiger partial charge in [0.1, 0.15) is 11.5 Å². The lowest BCUT2D eigenvalue weighted by Gasteiger charge is -2.02. The molecular weight excluding hydrogens is 370 g/mol. The summed E-state index contributed by atoms with van der Waals surface area (Å²) in [6.45, 7) is 0. The predicted molar refractivity (Wildman–Crippen MR) is 102 cm³/mol. The lowest BCUT2D eigenvalue weighted by atomic mass is 10.1. The van der Waals surface area contributed by atoms with Gasteiger partial charge in [-0.2, -0.15) is 5.10 Å². The van der Waals surface area contributed by atoms with Gasteiger partial charge >= 0.3 is 12.0 Å². The zero-order valence-corrected chi connectivity index (χ0v) is 14.6. The largest absolute Gasteiger partial charge is 0.478 e. The molecule has 0 unspecified atom stereocenters. The standard InChI is InChI=1S/C19H14ClN3O4/c20-16-10-12(6-8-15(16)18(24)25)17-9-7-14(27-17)11-21-23-19(26)22-13-4-2-1-3-5-13/h1-11H,(H,24,25)(H2,22,23,26). The van der Waals surface area contributed by atoms with Crippen molar-refractivity contribution in [2.45, 2.75) is 0 Å². The molecule has 3 N–H and O–H groups in total. The van der Waals surface area contributed by atoms with Gasteiger partial charge in [-0.3, -0.25) is 0 Å². The van der Waals surface area contributed by atoms with E-state index in [1.54, 1.807) is 42.5 Å². The Balaban J connectivity index is 1.62. The summed E-state index contributed by atoms with van der Waals surface area (Å²) in [5, 5.41) is 15.6. The van der Waals surface area contributed by atoms with Crippen LogP contribution in [0.5, 0.6) is 0 Å². The number of nitrogens with one attached hydrogen (secondary N) is 2. The van der Waals surface area contributed by atoms with Crippen molar-refractivity contribution in [2.75, 3.05) is 5.32 Å². The number of hydrogen-bond acceptors (Lipinski definition) is 4. The molecule has 0 atom stereocenters. The number of hydrazone groups is 1. The van der Waals surface area contributed by atoms with Crippen LogP contribution < -0.4 is 10.7 Å². The molecule has 0 aliphatic rings. The van der Waals surface area contributed by atoms with Gasteiger partial charge in [0, 0.05) is 11.3 Å². The number of anilines is 1. The number of hydrogen-bond donors (Lipinski definition) is 3. The molecule has 0 radical (unpaired) electrons. The van der Waals surface area contributed by atoms with Crippen LogP contribution in [0.15, 0.2) is 70.2 Å². The van der Waals surface area contributed by atoms with Crippen LogP contribution in [0, 0.1) is 0 Å². The topological polar surface area (TPSA) is 104 Å². The molecule has 0 saturated heterocycles. The van der Waals surface area contributed by atoms with Crippen LogP contribution in [0.2, 0.25) is 5.02 Å². The molecule has 0 saturated carbocycles. The highest BCUT2D eigenvalue weighted by atomic mass is 35.5. The van der Waals surface area contributed by atoms with Gasteiger partial charge in [0.05, 0.1) is 16.8 Å². The maximum Gasteiger partial charge on any atom is 0.339 e. The Kier molecular flexibility index (Phi) is 5.53. The Labute approximate surface area is 159 Å². The van der Waals surface area contributed by atoms with Crippen LogP contribution in [-0.2, 0) is 0 Å². The monoisotopic (exact) mass is 383 g/mol. The van der Waals surface area contributed by atoms with Gasteiger partial charge in [-0.05, 0) is 36.4 Å². The Morgan fingerprint density at radius 3 is 2.56 bits per heavy atom. The smallest absolute Gasteiger partial charge is 0.339 e. The Morgan fingerprint density at radius 1 is 1.07 bits per heavy atom. The maximum atomic E-state index is 11.7. The molecule has 0 aliphatic carbocycles. The molecule has 2 amide bonds. The number of para-hydroxylation sites is 1. The zero-order chi connectivity index (χ0) is 19.2. The molecular formula is C19H14ClN3O4. The molecule has 2 aromatic carbocycles. The number of benzene rings is 2. The molecule has 0 aliphatic heterocycles. The van der Waals surface area contributed by atoms with E-state index in [1.165, 1.54) is 18.3 Å². The fourth-order valence-electron chi connectivity index (χ4n) is 2.25. The fraction of sp³-hybridized carbons (Fsp3) is 0. The van der Waals surface area contributed by atoms with Crippen molar-refractivity contribution >= 4 is 35.5 Å². The minimum atomic E-state index is -1.10. The van der Waals surface area contributed by atoms with E-state index >= 15 is 0 Å². The van der Waals surface area contributed by atoms with Gasteiger partial charge in [-0.1, -0.05) is 35.9 Å². The second-order valence-corrected chi connectivity index (χ2v) is 5.80. The number of carbonyl (C=O) groups excluding carboxylic acids is 1. The summed E-state index contributed by atoms with van der Waals surface area (Å²) in [4.78, 5) is 22.7. The van der Waals surface area contributed by atoms with Gasteiger partial charge < -0.3 is 14.8 Å². The summed E-state index contributed by atoms with van der Waals surface area (Å²) in [6, 6.07) is 16.3. The molecule has 27 heavy (non-hydrogen) atoms. The lowest BCUT2D eigenvalue weighted by molar-refractivity contribution is 0.0697. The van der Waals surface area contributed by atoms with Crippen LogP contribution in [-0.4, -0.2) is 23.3 Å². The number of aromatic carboxylic acids is 1. The first kappa shape index (κ1) is 18.2. The first-order chi connectivity index (χ1) is 13.0. The summed E-state index contributed by atoms with van der Waals surface area (Å²) < 4.78 is 5.60. The number of rotatable bonds is 5. The summed E-state index contributed by atoms with van der Waals surface area (Å²) in [7, 11) is 0. The van der Waals surface area contributed by atoms with Gasteiger partial charge in [0.2, 0.25) is 0 Å². The average Bonchev–Trinajstić information content (AvgIpc) is 3.11. The second-order valence-electron chi connectivity index (χ2n) is 5.39. The number of amides is 2. The van der Waals surface area contributed by atoms with Crippen molar-refractivity contribution in [2.24, 2.45) is 5.10 Å². The van der Waals surface area contributed by atoms with E-state index in [-0.39, 0.29) is 10.6 Å². The van der Waals surface area contributed by atoms with E-state index in [4.69, 9.17) is 21.1 Å². The molecule has 1 aromatic heterocycles. The Morgan fingerprint density at radius 2 is 1.85 bits per heavy atom. The van der Waals surface area contributed by atoms with Crippen LogP contribution >= 0.6 is 11.6 Å². The van der Waals surface area contributed by atoms with Crippen molar-refractivity contribution < 1.29 is 19.1 Å². The molecule has 0 spiro atoms. The maximum absolute atomic E-state index is 11.7. The molecule has 1 heterocycles. The number of nitrogens with zero attached hydrogens (tertiary/aromatic N) is 1. The highest BCUT2D eigenvalue weighted by Crippen LogP contribution is 2.27. The molecule has 3 aromatic rings. The number of carbonyl (C=O) groups is 2. The zero-order valence-electron chi connectivity index (χ0n) is 13.8. The highest BCUT2D eigenvalue weighted by Gasteiger charge is 2.11. The normalized spacial score (nSPS) is 10.7. The number of carboxylic acid groups (broad SMARTS) is 1. The average molecular weight is 384 g/mol. The third-order valence-electron chi connectivity index (χ3n) is 3.50. The first-order valence-electron chi connectivity index (χ1n) is 7.81. The van der Waals surface area contributed by atoms with Crippen LogP contribution in [0.1, 0.15) is 16.1 Å². The summed E-state index contributed by atoms with van der Waals surface area (Å²) in [5.41, 5.74) is 3.62. The molecule has 3 rings (SSSR count). The first-order valence-corrected chi connectivity index (χ1v) is 8.19. The van der Waals surface area contributed by atoms with Gasteiger partial charge in [-0.25, -0.2) is 15.0 Å². The third kappa shape index (κ3) is 4.74. The van der Waals surface area contributed by atoms with Crippen LogP contribution in [0.4, 0.5) is 10.5 Å². The van der Waals surface area contributed by atoms with Crippen molar-refractivity contribution in [1.29, 1.82) is 0 Å². The van der Waals surface area contributed by atoms with Crippen LogP contribution in [0.25, 0.3) is 11.3 Å². The van der Waals surface area contributed by atoms with E-state index in [1.807, 2.05) is 6.07 Å². The number of carboxylic acids is 1. The van der Waals surface area contributed by atoms with E-state index in [0.29, 0.717) is 22.8 Å². The number of urea groups is 1. The molecule has 0 fully saturated rings.